The second-order valence-electron chi connectivity index (χ2n) is 9.84. The van der Waals surface area contributed by atoms with E-state index >= 15 is 0 Å². The molecule has 0 aliphatic rings. The highest BCUT2D eigenvalue weighted by atomic mass is 16.5. The number of hydrogen-bond donors (Lipinski definition) is 0. The topological polar surface area (TPSA) is 35.0 Å². The monoisotopic (exact) mass is 504 g/mol. The van der Waals surface area contributed by atoms with Crippen molar-refractivity contribution in [3.8, 4) is 11.5 Å². The number of hydrogen-bond acceptors (Lipinski definition) is 3. The average Bonchev–Trinajstić information content (AvgIpc) is 2.96. The summed E-state index contributed by atoms with van der Waals surface area (Å²) in [6, 6.07) is 33.2. The Bertz CT molecular complexity index is 1700. The van der Waals surface area contributed by atoms with E-state index in [0.29, 0.717) is 0 Å². The zero-order chi connectivity index (χ0) is 26.6. The van der Waals surface area contributed by atoms with Crippen LogP contribution in [0.2, 0.25) is 0 Å². The molecule has 0 fully saturated rings. The molecule has 0 unspecified atom stereocenters. The molecule has 0 radical (unpaired) electrons. The van der Waals surface area contributed by atoms with E-state index in [1.807, 2.05) is 36.7 Å². The smallest absolute Gasteiger partial charge is 0.127 e. The number of aromatic nitrogens is 2. The Morgan fingerprint density at radius 1 is 0.462 bits per heavy atom. The number of aryl methyl sites for hydroxylation is 2. The van der Waals surface area contributed by atoms with Crippen LogP contribution in [-0.2, 0) is 0 Å². The Labute approximate surface area is 228 Å². The normalized spacial score (nSPS) is 11.6. The van der Waals surface area contributed by atoms with Gasteiger partial charge in [0.15, 0.2) is 0 Å². The summed E-state index contributed by atoms with van der Waals surface area (Å²) >= 11 is 0. The Hall–Kier alpha value is -5.02. The molecule has 0 N–H and O–H groups in total. The van der Waals surface area contributed by atoms with Gasteiger partial charge in [0.2, 0.25) is 0 Å². The van der Waals surface area contributed by atoms with Crippen molar-refractivity contribution in [2.75, 3.05) is 0 Å². The Balaban J connectivity index is 1.08. The maximum atomic E-state index is 6.06. The fraction of sp³-hybridized carbons (Fsp3) is 0.0556. The van der Waals surface area contributed by atoms with Crippen LogP contribution in [0.5, 0.6) is 11.5 Å². The lowest BCUT2D eigenvalue weighted by molar-refractivity contribution is 0.482. The van der Waals surface area contributed by atoms with Gasteiger partial charge in [-0.1, -0.05) is 72.8 Å². The highest BCUT2D eigenvalue weighted by Crippen LogP contribution is 2.24. The number of ether oxygens (including phenoxy) is 1. The first-order chi connectivity index (χ1) is 19.1. The van der Waals surface area contributed by atoms with Crippen LogP contribution >= 0.6 is 0 Å². The predicted molar refractivity (Wildman–Crippen MR) is 164 cm³/mol. The van der Waals surface area contributed by atoms with Gasteiger partial charge in [0, 0.05) is 23.2 Å². The molecule has 0 saturated carbocycles. The molecule has 188 valence electrons. The maximum absolute atomic E-state index is 6.06. The molecule has 0 spiro atoms. The van der Waals surface area contributed by atoms with E-state index in [4.69, 9.17) is 4.74 Å². The van der Waals surface area contributed by atoms with Gasteiger partial charge in [-0.15, -0.1) is 0 Å². The van der Waals surface area contributed by atoms with Gasteiger partial charge in [-0.25, -0.2) is 0 Å². The van der Waals surface area contributed by atoms with E-state index in [2.05, 4.69) is 121 Å². The van der Waals surface area contributed by atoms with Gasteiger partial charge in [-0.05, 0) is 95.8 Å². The third kappa shape index (κ3) is 5.94. The van der Waals surface area contributed by atoms with E-state index in [1.54, 1.807) is 0 Å². The summed E-state index contributed by atoms with van der Waals surface area (Å²) in [5.74, 6) is 1.61. The second kappa shape index (κ2) is 10.8. The van der Waals surface area contributed by atoms with E-state index in [0.717, 1.165) is 55.6 Å². The summed E-state index contributed by atoms with van der Waals surface area (Å²) in [7, 11) is 0. The maximum Gasteiger partial charge on any atom is 0.127 e. The molecule has 3 heteroatoms. The van der Waals surface area contributed by atoms with Crippen LogP contribution in [0.4, 0.5) is 0 Å². The molecule has 0 saturated heterocycles. The Morgan fingerprint density at radius 2 is 0.846 bits per heavy atom. The van der Waals surface area contributed by atoms with E-state index in [1.165, 1.54) is 11.1 Å². The lowest BCUT2D eigenvalue weighted by Gasteiger charge is -2.06. The first-order valence-corrected chi connectivity index (χ1v) is 13.0. The van der Waals surface area contributed by atoms with Crippen LogP contribution in [-0.4, -0.2) is 9.97 Å². The lowest BCUT2D eigenvalue weighted by Crippen LogP contribution is -1.85. The van der Waals surface area contributed by atoms with Crippen molar-refractivity contribution in [3.05, 3.63) is 143 Å². The molecular formula is C36H28N2O. The molecule has 0 atom stereocenters. The minimum atomic E-state index is 0.805. The summed E-state index contributed by atoms with van der Waals surface area (Å²) in [5.41, 5.74) is 8.83. The molecule has 6 aromatic rings. The molecule has 0 amide bonds. The molecule has 2 heterocycles. The zero-order valence-corrected chi connectivity index (χ0v) is 22.0. The molecule has 0 aliphatic heterocycles. The van der Waals surface area contributed by atoms with Crippen molar-refractivity contribution in [2.24, 2.45) is 0 Å². The van der Waals surface area contributed by atoms with Gasteiger partial charge >= 0.3 is 0 Å². The first-order valence-electron chi connectivity index (χ1n) is 13.0. The van der Waals surface area contributed by atoms with Crippen LogP contribution < -0.4 is 4.74 Å². The predicted octanol–water partition coefficient (Wildman–Crippen LogP) is 9.53. The standard InChI is InChI=1S/C36H28N2O/c1-25-19-31-13-7-29(21-35(31)37-23-25)5-3-27-9-15-33(16-10-27)39-34-17-11-28(12-18-34)4-6-30-8-14-32-20-26(2)24-38-36(32)22-30/h3-24H,1-2H3. The number of benzene rings is 4. The van der Waals surface area contributed by atoms with E-state index in [-0.39, 0.29) is 0 Å². The molecular weight excluding hydrogens is 476 g/mol. The fourth-order valence-corrected chi connectivity index (χ4v) is 4.52. The van der Waals surface area contributed by atoms with Gasteiger partial charge in [0.1, 0.15) is 11.5 Å². The van der Waals surface area contributed by atoms with Gasteiger partial charge in [0.25, 0.3) is 0 Å². The van der Waals surface area contributed by atoms with Crippen LogP contribution in [0.3, 0.4) is 0 Å². The second-order valence-corrected chi connectivity index (χ2v) is 9.84. The highest BCUT2D eigenvalue weighted by molar-refractivity contribution is 5.84. The lowest BCUT2D eigenvalue weighted by atomic mass is 10.1. The molecule has 2 aromatic heterocycles. The SMILES string of the molecule is Cc1cnc2cc(C=Cc3ccc(Oc4ccc(C=Cc5ccc6cc(C)cnc6c5)cc4)cc3)ccc2c1. The summed E-state index contributed by atoms with van der Waals surface area (Å²) in [5, 5.41) is 2.32. The van der Waals surface area contributed by atoms with Crippen LogP contribution in [0.1, 0.15) is 33.4 Å². The van der Waals surface area contributed by atoms with Crippen molar-refractivity contribution >= 4 is 46.1 Å². The molecule has 39 heavy (non-hydrogen) atoms. The molecule has 6 rings (SSSR count). The van der Waals surface area contributed by atoms with Crippen LogP contribution in [0.15, 0.2) is 109 Å². The Morgan fingerprint density at radius 3 is 1.28 bits per heavy atom. The van der Waals surface area contributed by atoms with Crippen molar-refractivity contribution in [1.29, 1.82) is 0 Å². The molecule has 0 aliphatic carbocycles. The van der Waals surface area contributed by atoms with Crippen molar-refractivity contribution < 1.29 is 4.74 Å². The molecule has 0 bridgehead atoms. The van der Waals surface area contributed by atoms with Gasteiger partial charge < -0.3 is 4.74 Å². The van der Waals surface area contributed by atoms with Gasteiger partial charge in [0.05, 0.1) is 11.0 Å². The number of nitrogens with zero attached hydrogens (tertiary/aromatic N) is 2. The highest BCUT2D eigenvalue weighted by Gasteiger charge is 2.00. The first kappa shape index (κ1) is 24.3. The average molecular weight is 505 g/mol. The fourth-order valence-electron chi connectivity index (χ4n) is 4.52. The van der Waals surface area contributed by atoms with Crippen molar-refractivity contribution in [1.82, 2.24) is 9.97 Å². The zero-order valence-electron chi connectivity index (χ0n) is 22.0. The minimum absolute atomic E-state index is 0.805. The largest absolute Gasteiger partial charge is 0.457 e. The van der Waals surface area contributed by atoms with Crippen molar-refractivity contribution in [3.63, 3.8) is 0 Å². The molecule has 3 nitrogen and oxygen atoms in total. The summed E-state index contributed by atoms with van der Waals surface area (Å²) in [6.45, 7) is 4.13. The van der Waals surface area contributed by atoms with Crippen LogP contribution in [0, 0.1) is 13.8 Å². The summed E-state index contributed by atoms with van der Waals surface area (Å²) in [4.78, 5) is 9.07. The van der Waals surface area contributed by atoms with E-state index in [9.17, 15) is 0 Å². The quantitative estimate of drug-likeness (QED) is 0.212. The number of rotatable bonds is 6. The molecule has 4 aromatic carbocycles. The van der Waals surface area contributed by atoms with E-state index < -0.39 is 0 Å². The number of fused-ring (bicyclic) bond motifs is 2. The minimum Gasteiger partial charge on any atom is -0.457 e. The summed E-state index contributed by atoms with van der Waals surface area (Å²) < 4.78 is 6.06. The van der Waals surface area contributed by atoms with Gasteiger partial charge in [-0.2, -0.15) is 0 Å². The van der Waals surface area contributed by atoms with Crippen LogP contribution in [0.25, 0.3) is 46.1 Å². The third-order valence-electron chi connectivity index (χ3n) is 6.62. The van der Waals surface area contributed by atoms with Gasteiger partial charge in [-0.3, -0.25) is 9.97 Å². The number of pyridine rings is 2. The van der Waals surface area contributed by atoms with Crippen molar-refractivity contribution in [2.45, 2.75) is 13.8 Å². The summed E-state index contributed by atoms with van der Waals surface area (Å²) in [6.07, 6.45) is 12.2. The Kier molecular flexibility index (Phi) is 6.71. The third-order valence-corrected chi connectivity index (χ3v) is 6.62.